The summed E-state index contributed by atoms with van der Waals surface area (Å²) < 4.78 is 0. The Morgan fingerprint density at radius 2 is 1.75 bits per heavy atom. The average molecular weight is 113 g/mol. The van der Waals surface area contributed by atoms with Crippen LogP contribution in [0.5, 0.6) is 0 Å². The predicted molar refractivity (Wildman–Crippen MR) is 34.4 cm³/mol. The van der Waals surface area contributed by atoms with Crippen LogP contribution in [0.3, 0.4) is 0 Å². The van der Waals surface area contributed by atoms with Gasteiger partial charge in [-0.05, 0) is 18.7 Å². The molecule has 0 heterocycles. The molecule has 6 N–H and O–H groups in total. The van der Waals surface area contributed by atoms with E-state index in [2.05, 4.69) is 0 Å². The van der Waals surface area contributed by atoms with Gasteiger partial charge in [0.2, 0.25) is 0 Å². The standard InChI is InChI=1S/C5H11N3/c1-4(2-6)5(8)3-7/h2-3H,6-8H2,1H3/b4-2-,5-3+. The fourth-order valence-corrected chi connectivity index (χ4v) is 0.228. The highest BCUT2D eigenvalue weighted by Crippen LogP contribution is 1.95. The highest BCUT2D eigenvalue weighted by molar-refractivity contribution is 5.23. The van der Waals surface area contributed by atoms with Gasteiger partial charge in [-0.15, -0.1) is 0 Å². The molecule has 0 aromatic heterocycles. The van der Waals surface area contributed by atoms with Crippen molar-refractivity contribution >= 4 is 0 Å². The SMILES string of the molecule is CC(=C/N)/C(N)=C\N. The summed E-state index contributed by atoms with van der Waals surface area (Å²) in [6.45, 7) is 1.79. The summed E-state index contributed by atoms with van der Waals surface area (Å²) >= 11 is 0. The highest BCUT2D eigenvalue weighted by Gasteiger charge is 1.86. The molecule has 0 atom stereocenters. The van der Waals surface area contributed by atoms with Gasteiger partial charge in [-0.1, -0.05) is 0 Å². The highest BCUT2D eigenvalue weighted by atomic mass is 14.6. The van der Waals surface area contributed by atoms with Crippen LogP contribution in [0.15, 0.2) is 23.7 Å². The van der Waals surface area contributed by atoms with Crippen molar-refractivity contribution in [1.82, 2.24) is 0 Å². The van der Waals surface area contributed by atoms with Crippen LogP contribution < -0.4 is 17.2 Å². The molecule has 0 aromatic carbocycles. The van der Waals surface area contributed by atoms with Crippen LogP contribution in [0, 0.1) is 0 Å². The van der Waals surface area contributed by atoms with Crippen molar-refractivity contribution in [2.24, 2.45) is 17.2 Å². The third-order valence-electron chi connectivity index (χ3n) is 0.885. The Labute approximate surface area is 48.8 Å². The molecular formula is C5H11N3. The Hall–Kier alpha value is -1.12. The molecule has 0 saturated carbocycles. The van der Waals surface area contributed by atoms with E-state index < -0.39 is 0 Å². The topological polar surface area (TPSA) is 78.1 Å². The Balaban J connectivity index is 4.04. The normalized spacial score (nSPS) is 14.1. The van der Waals surface area contributed by atoms with Gasteiger partial charge < -0.3 is 17.2 Å². The van der Waals surface area contributed by atoms with Gasteiger partial charge in [-0.3, -0.25) is 0 Å². The summed E-state index contributed by atoms with van der Waals surface area (Å²) in [7, 11) is 0. The van der Waals surface area contributed by atoms with Crippen LogP contribution in [-0.4, -0.2) is 0 Å². The predicted octanol–water partition coefficient (Wildman–Crippen LogP) is -0.392. The lowest BCUT2D eigenvalue weighted by Crippen LogP contribution is -2.03. The zero-order valence-electron chi connectivity index (χ0n) is 4.89. The maximum atomic E-state index is 5.31. The van der Waals surface area contributed by atoms with Gasteiger partial charge in [-0.25, -0.2) is 0 Å². The minimum Gasteiger partial charge on any atom is -0.404 e. The van der Waals surface area contributed by atoms with Crippen LogP contribution in [0.1, 0.15) is 6.92 Å². The third-order valence-corrected chi connectivity index (χ3v) is 0.885. The molecule has 0 bridgehead atoms. The lowest BCUT2D eigenvalue weighted by molar-refractivity contribution is 1.24. The molecule has 0 aliphatic rings. The maximum absolute atomic E-state index is 5.31. The summed E-state index contributed by atoms with van der Waals surface area (Å²) in [6.07, 6.45) is 2.73. The van der Waals surface area contributed by atoms with Gasteiger partial charge >= 0.3 is 0 Å². The number of allylic oxidation sites excluding steroid dienone is 1. The zero-order valence-corrected chi connectivity index (χ0v) is 4.89. The number of rotatable bonds is 1. The molecule has 3 heteroatoms. The second-order valence-electron chi connectivity index (χ2n) is 1.47. The summed E-state index contributed by atoms with van der Waals surface area (Å²) in [6, 6.07) is 0. The van der Waals surface area contributed by atoms with Crippen LogP contribution in [-0.2, 0) is 0 Å². The van der Waals surface area contributed by atoms with Crippen molar-refractivity contribution in [3.05, 3.63) is 23.7 Å². The third kappa shape index (κ3) is 1.55. The molecule has 0 aliphatic carbocycles. The van der Waals surface area contributed by atoms with Gasteiger partial charge in [-0.2, -0.15) is 0 Å². The van der Waals surface area contributed by atoms with Crippen molar-refractivity contribution in [2.45, 2.75) is 6.92 Å². The van der Waals surface area contributed by atoms with E-state index in [-0.39, 0.29) is 0 Å². The average Bonchev–Trinajstić information content (AvgIpc) is 1.84. The summed E-state index contributed by atoms with van der Waals surface area (Å²) in [5.74, 6) is 0. The van der Waals surface area contributed by atoms with Crippen LogP contribution in [0.2, 0.25) is 0 Å². The van der Waals surface area contributed by atoms with Crippen molar-refractivity contribution in [3.63, 3.8) is 0 Å². The molecule has 0 unspecified atom stereocenters. The smallest absolute Gasteiger partial charge is 0.0515 e. The Kier molecular flexibility index (Phi) is 2.54. The van der Waals surface area contributed by atoms with Crippen LogP contribution in [0.25, 0.3) is 0 Å². The monoisotopic (exact) mass is 113 g/mol. The van der Waals surface area contributed by atoms with Crippen LogP contribution in [0.4, 0.5) is 0 Å². The first-order valence-electron chi connectivity index (χ1n) is 2.28. The van der Waals surface area contributed by atoms with E-state index in [0.29, 0.717) is 5.70 Å². The first-order chi connectivity index (χ1) is 3.72. The first kappa shape index (κ1) is 6.88. The van der Waals surface area contributed by atoms with E-state index in [1.807, 2.05) is 0 Å². The van der Waals surface area contributed by atoms with E-state index >= 15 is 0 Å². The molecule has 8 heavy (non-hydrogen) atoms. The van der Waals surface area contributed by atoms with E-state index in [1.165, 1.54) is 12.4 Å². The fraction of sp³-hybridized carbons (Fsp3) is 0.200. The zero-order chi connectivity index (χ0) is 6.57. The summed E-state index contributed by atoms with van der Waals surface area (Å²) in [5.41, 5.74) is 16.8. The van der Waals surface area contributed by atoms with Crippen LogP contribution >= 0.6 is 0 Å². The van der Waals surface area contributed by atoms with E-state index in [9.17, 15) is 0 Å². The number of hydrogen-bond donors (Lipinski definition) is 3. The quantitative estimate of drug-likeness (QED) is 0.405. The van der Waals surface area contributed by atoms with Gasteiger partial charge in [0.15, 0.2) is 0 Å². The van der Waals surface area contributed by atoms with E-state index in [1.54, 1.807) is 6.92 Å². The lowest BCUT2D eigenvalue weighted by Gasteiger charge is -1.95. The molecule has 0 spiro atoms. The Bertz CT molecular complexity index is 108. The first-order valence-corrected chi connectivity index (χ1v) is 2.28. The molecule has 46 valence electrons. The number of nitrogens with two attached hydrogens (primary N) is 3. The fourth-order valence-electron chi connectivity index (χ4n) is 0.228. The molecular weight excluding hydrogens is 102 g/mol. The van der Waals surface area contributed by atoms with Crippen molar-refractivity contribution in [1.29, 1.82) is 0 Å². The molecule has 0 amide bonds. The Morgan fingerprint density at radius 1 is 1.25 bits per heavy atom. The van der Waals surface area contributed by atoms with Gasteiger partial charge in [0, 0.05) is 6.20 Å². The van der Waals surface area contributed by atoms with Crippen molar-refractivity contribution < 1.29 is 0 Å². The van der Waals surface area contributed by atoms with Gasteiger partial charge in [0.25, 0.3) is 0 Å². The molecule has 0 aromatic rings. The Morgan fingerprint density at radius 3 is 1.88 bits per heavy atom. The molecule has 3 nitrogen and oxygen atoms in total. The van der Waals surface area contributed by atoms with Gasteiger partial charge in [0.1, 0.15) is 0 Å². The van der Waals surface area contributed by atoms with E-state index in [0.717, 1.165) is 5.57 Å². The van der Waals surface area contributed by atoms with Gasteiger partial charge in [0.05, 0.1) is 5.70 Å². The summed E-state index contributed by atoms with van der Waals surface area (Å²) in [5, 5.41) is 0. The second-order valence-corrected chi connectivity index (χ2v) is 1.47. The number of hydrogen-bond acceptors (Lipinski definition) is 3. The van der Waals surface area contributed by atoms with E-state index in [4.69, 9.17) is 17.2 Å². The van der Waals surface area contributed by atoms with Crippen molar-refractivity contribution in [2.75, 3.05) is 0 Å². The lowest BCUT2D eigenvalue weighted by atomic mass is 10.2. The summed E-state index contributed by atoms with van der Waals surface area (Å²) in [4.78, 5) is 0. The largest absolute Gasteiger partial charge is 0.404 e. The molecule has 0 radical (unpaired) electrons. The molecule has 0 rings (SSSR count). The second kappa shape index (κ2) is 2.96. The molecule has 0 saturated heterocycles. The van der Waals surface area contributed by atoms with Crippen molar-refractivity contribution in [3.8, 4) is 0 Å². The molecule has 0 aliphatic heterocycles. The maximum Gasteiger partial charge on any atom is 0.0515 e. The molecule has 0 fully saturated rings. The minimum absolute atomic E-state index is 0.521. The minimum atomic E-state index is 0.521.